The average Bonchev–Trinajstić information content (AvgIpc) is 2.73. The van der Waals surface area contributed by atoms with Gasteiger partial charge in [0.05, 0.1) is 6.54 Å². The van der Waals surface area contributed by atoms with Gasteiger partial charge in [0.2, 0.25) is 0 Å². The summed E-state index contributed by atoms with van der Waals surface area (Å²) in [6, 6.07) is 4.50. The molecule has 0 saturated carbocycles. The van der Waals surface area contributed by atoms with Crippen molar-refractivity contribution in [2.45, 2.75) is 38.3 Å². The van der Waals surface area contributed by atoms with Crippen LogP contribution in [0.25, 0.3) is 0 Å². The van der Waals surface area contributed by atoms with Gasteiger partial charge in [0, 0.05) is 6.04 Å². The molecule has 0 aromatic carbocycles. The highest BCUT2D eigenvalue weighted by molar-refractivity contribution is 6.28. The molecule has 0 radical (unpaired) electrons. The van der Waals surface area contributed by atoms with E-state index in [-0.39, 0.29) is 0 Å². The summed E-state index contributed by atoms with van der Waals surface area (Å²) < 4.78 is 5.47. The van der Waals surface area contributed by atoms with E-state index < -0.39 is 0 Å². The van der Waals surface area contributed by atoms with E-state index in [1.165, 1.54) is 32.2 Å². The normalized spacial score (nSPS) is 21.7. The molecule has 1 aromatic rings. The zero-order chi connectivity index (χ0) is 13.0. The Bertz CT molecular complexity index is 364. The first-order valence-electron chi connectivity index (χ1n) is 6.78. The Hall–Kier alpha value is -0.510. The molecule has 1 aliphatic heterocycles. The van der Waals surface area contributed by atoms with Gasteiger partial charge in [-0.2, -0.15) is 0 Å². The van der Waals surface area contributed by atoms with Gasteiger partial charge in [-0.3, -0.25) is 4.90 Å². The summed E-state index contributed by atoms with van der Waals surface area (Å²) in [5.41, 5.74) is 0. The molecule has 1 saturated heterocycles. The van der Waals surface area contributed by atoms with E-state index >= 15 is 0 Å². The van der Waals surface area contributed by atoms with E-state index in [1.807, 2.05) is 12.1 Å². The van der Waals surface area contributed by atoms with Crippen LogP contribution in [0.4, 0.5) is 0 Å². The molecule has 102 valence electrons. The van der Waals surface area contributed by atoms with Crippen molar-refractivity contribution in [3.05, 3.63) is 23.1 Å². The number of nitrogens with zero attached hydrogens (tertiary/aromatic N) is 2. The summed E-state index contributed by atoms with van der Waals surface area (Å²) in [4.78, 5) is 4.80. The first-order chi connectivity index (χ1) is 8.65. The van der Waals surface area contributed by atoms with Crippen molar-refractivity contribution in [2.24, 2.45) is 0 Å². The second-order valence-electron chi connectivity index (χ2n) is 5.42. The standard InChI is InChI=1S/C14H23ClN2O/c1-16(2)10-8-12-5-3-4-9-17(12)11-13-6-7-14(15)18-13/h6-7,12H,3-5,8-11H2,1-2H3. The SMILES string of the molecule is CN(C)CCC1CCCCN1Cc1ccc(Cl)o1. The van der Waals surface area contributed by atoms with Crippen molar-refractivity contribution in [1.82, 2.24) is 9.80 Å². The fraction of sp³-hybridized carbons (Fsp3) is 0.714. The van der Waals surface area contributed by atoms with Crippen LogP contribution in [0.15, 0.2) is 16.5 Å². The summed E-state index contributed by atoms with van der Waals surface area (Å²) in [6.07, 6.45) is 5.20. The maximum Gasteiger partial charge on any atom is 0.193 e. The van der Waals surface area contributed by atoms with Crippen LogP contribution >= 0.6 is 11.6 Å². The maximum atomic E-state index is 5.83. The predicted octanol–water partition coefficient (Wildman–Crippen LogP) is 3.24. The minimum Gasteiger partial charge on any atom is -0.448 e. The fourth-order valence-corrected chi connectivity index (χ4v) is 2.80. The van der Waals surface area contributed by atoms with Crippen LogP contribution in [-0.2, 0) is 6.54 Å². The lowest BCUT2D eigenvalue weighted by molar-refractivity contribution is 0.116. The third kappa shape index (κ3) is 4.01. The summed E-state index contributed by atoms with van der Waals surface area (Å²) in [7, 11) is 4.28. The van der Waals surface area contributed by atoms with Gasteiger partial charge in [0.25, 0.3) is 0 Å². The van der Waals surface area contributed by atoms with Crippen LogP contribution in [0.5, 0.6) is 0 Å². The molecule has 4 heteroatoms. The first-order valence-corrected chi connectivity index (χ1v) is 7.16. The number of piperidine rings is 1. The third-order valence-electron chi connectivity index (χ3n) is 3.65. The largest absolute Gasteiger partial charge is 0.448 e. The number of furan rings is 1. The van der Waals surface area contributed by atoms with Gasteiger partial charge in [-0.25, -0.2) is 0 Å². The van der Waals surface area contributed by atoms with Crippen molar-refractivity contribution in [1.29, 1.82) is 0 Å². The quantitative estimate of drug-likeness (QED) is 0.819. The second-order valence-corrected chi connectivity index (χ2v) is 5.79. The smallest absolute Gasteiger partial charge is 0.193 e. The molecular formula is C14H23ClN2O. The minimum absolute atomic E-state index is 0.492. The predicted molar refractivity (Wildman–Crippen MR) is 74.9 cm³/mol. The maximum absolute atomic E-state index is 5.83. The Morgan fingerprint density at radius 2 is 2.22 bits per heavy atom. The van der Waals surface area contributed by atoms with Crippen LogP contribution in [-0.4, -0.2) is 43.0 Å². The van der Waals surface area contributed by atoms with Gasteiger partial charge in [0.1, 0.15) is 5.76 Å². The number of likely N-dealkylation sites (tertiary alicyclic amines) is 1. The Morgan fingerprint density at radius 1 is 1.39 bits per heavy atom. The topological polar surface area (TPSA) is 19.6 Å². The second kappa shape index (κ2) is 6.60. The molecule has 0 bridgehead atoms. The Balaban J connectivity index is 1.90. The third-order valence-corrected chi connectivity index (χ3v) is 3.85. The zero-order valence-corrected chi connectivity index (χ0v) is 12.1. The van der Waals surface area contributed by atoms with Gasteiger partial charge in [-0.05, 0) is 70.2 Å². The molecular weight excluding hydrogens is 248 g/mol. The van der Waals surface area contributed by atoms with E-state index in [0.717, 1.165) is 18.8 Å². The number of hydrogen-bond donors (Lipinski definition) is 0. The highest BCUT2D eigenvalue weighted by Gasteiger charge is 2.23. The van der Waals surface area contributed by atoms with Gasteiger partial charge >= 0.3 is 0 Å². The molecule has 0 amide bonds. The molecule has 3 nitrogen and oxygen atoms in total. The van der Waals surface area contributed by atoms with Crippen LogP contribution in [0.3, 0.4) is 0 Å². The van der Waals surface area contributed by atoms with Crippen molar-refractivity contribution in [2.75, 3.05) is 27.2 Å². The Labute approximate surface area is 115 Å². The van der Waals surface area contributed by atoms with Crippen LogP contribution < -0.4 is 0 Å². The number of hydrogen-bond acceptors (Lipinski definition) is 3. The van der Waals surface area contributed by atoms with Crippen LogP contribution in [0.2, 0.25) is 5.22 Å². The van der Waals surface area contributed by atoms with E-state index in [4.69, 9.17) is 16.0 Å². The van der Waals surface area contributed by atoms with E-state index in [1.54, 1.807) is 0 Å². The first kappa shape index (κ1) is 13.9. The lowest BCUT2D eigenvalue weighted by Gasteiger charge is -2.35. The molecule has 18 heavy (non-hydrogen) atoms. The molecule has 0 aliphatic carbocycles. The molecule has 1 fully saturated rings. The molecule has 0 spiro atoms. The zero-order valence-electron chi connectivity index (χ0n) is 11.4. The monoisotopic (exact) mass is 270 g/mol. The summed E-state index contributed by atoms with van der Waals surface area (Å²) in [5.74, 6) is 0.983. The molecule has 1 unspecified atom stereocenters. The lowest BCUT2D eigenvalue weighted by Crippen LogP contribution is -2.40. The average molecular weight is 271 g/mol. The lowest BCUT2D eigenvalue weighted by atomic mass is 9.99. The van der Waals surface area contributed by atoms with Gasteiger partial charge in [0.15, 0.2) is 5.22 Å². The highest BCUT2D eigenvalue weighted by Crippen LogP contribution is 2.23. The molecule has 2 rings (SSSR count). The highest BCUT2D eigenvalue weighted by atomic mass is 35.5. The summed E-state index contributed by atoms with van der Waals surface area (Å²) in [6.45, 7) is 3.22. The van der Waals surface area contributed by atoms with E-state index in [9.17, 15) is 0 Å². The van der Waals surface area contributed by atoms with E-state index in [0.29, 0.717) is 11.3 Å². The van der Waals surface area contributed by atoms with Gasteiger partial charge in [-0.15, -0.1) is 0 Å². The van der Waals surface area contributed by atoms with Crippen LogP contribution in [0, 0.1) is 0 Å². The van der Waals surface area contributed by atoms with Crippen molar-refractivity contribution in [3.63, 3.8) is 0 Å². The van der Waals surface area contributed by atoms with Gasteiger partial charge < -0.3 is 9.32 Å². The van der Waals surface area contributed by atoms with E-state index in [2.05, 4.69) is 23.9 Å². The Morgan fingerprint density at radius 3 is 2.89 bits per heavy atom. The Kier molecular flexibility index (Phi) is 5.10. The summed E-state index contributed by atoms with van der Waals surface area (Å²) >= 11 is 5.83. The number of rotatable bonds is 5. The molecule has 1 atom stereocenters. The molecule has 1 aromatic heterocycles. The number of halogens is 1. The minimum atomic E-state index is 0.492. The molecule has 1 aliphatic rings. The summed E-state index contributed by atoms with van der Waals surface area (Å²) in [5, 5.41) is 0.492. The fourth-order valence-electron chi connectivity index (χ4n) is 2.64. The van der Waals surface area contributed by atoms with Crippen molar-refractivity contribution in [3.8, 4) is 0 Å². The molecule has 0 N–H and O–H groups in total. The van der Waals surface area contributed by atoms with Crippen molar-refractivity contribution >= 4 is 11.6 Å². The van der Waals surface area contributed by atoms with Gasteiger partial charge in [-0.1, -0.05) is 6.42 Å². The van der Waals surface area contributed by atoms with Crippen molar-refractivity contribution < 1.29 is 4.42 Å². The molecule has 2 heterocycles. The van der Waals surface area contributed by atoms with Crippen LogP contribution in [0.1, 0.15) is 31.4 Å².